The van der Waals surface area contributed by atoms with E-state index in [4.69, 9.17) is 0 Å². The van der Waals surface area contributed by atoms with Gasteiger partial charge in [-0.1, -0.05) is 12.2 Å². The highest BCUT2D eigenvalue weighted by Crippen LogP contribution is 2.49. The number of allylic oxidation sites excluding steroid dienone is 1. The zero-order valence-electron chi connectivity index (χ0n) is 8.50. The Hall–Kier alpha value is -0.300. The lowest BCUT2D eigenvalue weighted by atomic mass is 9.65. The van der Waals surface area contributed by atoms with Gasteiger partial charge >= 0.3 is 0 Å². The van der Waals surface area contributed by atoms with Gasteiger partial charge in [0.15, 0.2) is 0 Å². The van der Waals surface area contributed by atoms with Gasteiger partial charge in [-0.25, -0.2) is 0 Å². The molecule has 0 amide bonds. The van der Waals surface area contributed by atoms with Crippen molar-refractivity contribution in [2.45, 2.75) is 31.7 Å². The first kappa shape index (κ1) is 8.05. The zero-order valence-corrected chi connectivity index (χ0v) is 8.50. The summed E-state index contributed by atoms with van der Waals surface area (Å²) < 4.78 is 0. The molecule has 0 spiro atoms. The van der Waals surface area contributed by atoms with Crippen LogP contribution in [0.2, 0.25) is 0 Å². The van der Waals surface area contributed by atoms with Gasteiger partial charge in [0.2, 0.25) is 0 Å². The van der Waals surface area contributed by atoms with Crippen molar-refractivity contribution in [1.29, 1.82) is 0 Å². The van der Waals surface area contributed by atoms with Gasteiger partial charge in [0.1, 0.15) is 0 Å². The van der Waals surface area contributed by atoms with Crippen LogP contribution >= 0.6 is 0 Å². The average Bonchev–Trinajstić information content (AvgIpc) is 2.25. The summed E-state index contributed by atoms with van der Waals surface area (Å²) in [6, 6.07) is 0.882. The third-order valence-corrected chi connectivity index (χ3v) is 4.57. The van der Waals surface area contributed by atoms with E-state index in [1.165, 1.54) is 32.2 Å². The molecule has 0 radical (unpaired) electrons. The van der Waals surface area contributed by atoms with Crippen molar-refractivity contribution < 1.29 is 0 Å². The lowest BCUT2D eigenvalue weighted by Gasteiger charge is -2.40. The second-order valence-corrected chi connectivity index (χ2v) is 5.37. The minimum absolute atomic E-state index is 0.882. The van der Waals surface area contributed by atoms with E-state index in [0.717, 1.165) is 23.8 Å². The first-order chi connectivity index (χ1) is 6.24. The van der Waals surface area contributed by atoms with E-state index in [2.05, 4.69) is 18.5 Å². The molecular weight excluding hydrogens is 158 g/mol. The van der Waals surface area contributed by atoms with E-state index in [9.17, 15) is 0 Å². The predicted octanol–water partition coefficient (Wildman–Crippen LogP) is 2.29. The molecule has 2 atom stereocenters. The van der Waals surface area contributed by atoms with Gasteiger partial charge in [-0.05, 0) is 50.5 Å². The Kier molecular flexibility index (Phi) is 1.61. The van der Waals surface area contributed by atoms with Gasteiger partial charge in [0.05, 0.1) is 0 Å². The second kappa shape index (κ2) is 2.60. The van der Waals surface area contributed by atoms with Crippen LogP contribution in [0.5, 0.6) is 0 Å². The Labute approximate surface area is 80.8 Å². The molecule has 0 N–H and O–H groups in total. The third-order valence-electron chi connectivity index (χ3n) is 4.57. The summed E-state index contributed by atoms with van der Waals surface area (Å²) in [6.45, 7) is 5.65. The van der Waals surface area contributed by atoms with Gasteiger partial charge < -0.3 is 4.90 Å². The first-order valence-electron chi connectivity index (χ1n) is 5.63. The molecular formula is C12H19N. The molecule has 4 aliphatic rings. The Bertz CT molecular complexity index is 228. The summed E-state index contributed by atoms with van der Waals surface area (Å²) in [5, 5.41) is 0. The van der Waals surface area contributed by atoms with Gasteiger partial charge in [-0.2, -0.15) is 0 Å². The molecule has 2 aliphatic carbocycles. The molecule has 2 unspecified atom stereocenters. The average molecular weight is 177 g/mol. The lowest BCUT2D eigenvalue weighted by molar-refractivity contribution is 0.195. The van der Waals surface area contributed by atoms with E-state index in [-0.39, 0.29) is 0 Å². The molecule has 1 nitrogen and oxygen atoms in total. The third kappa shape index (κ3) is 1.10. The van der Waals surface area contributed by atoms with Gasteiger partial charge in [-0.15, -0.1) is 0 Å². The van der Waals surface area contributed by atoms with Crippen LogP contribution in [-0.4, -0.2) is 24.5 Å². The maximum Gasteiger partial charge on any atom is 0.0104 e. The van der Waals surface area contributed by atoms with E-state index < -0.39 is 0 Å². The Morgan fingerprint density at radius 1 is 1.15 bits per heavy atom. The van der Waals surface area contributed by atoms with Crippen LogP contribution in [0.3, 0.4) is 0 Å². The number of fused-ring (bicyclic) bond motifs is 1. The van der Waals surface area contributed by atoms with Crippen LogP contribution < -0.4 is 0 Å². The SMILES string of the molecule is C=C1C2CC3CC1CC(C2)N(C)C3. The molecule has 4 rings (SSSR count). The molecule has 4 bridgehead atoms. The molecule has 72 valence electrons. The molecule has 13 heavy (non-hydrogen) atoms. The van der Waals surface area contributed by atoms with Gasteiger partial charge in [0, 0.05) is 12.6 Å². The van der Waals surface area contributed by atoms with Crippen molar-refractivity contribution in [1.82, 2.24) is 4.90 Å². The standard InChI is InChI=1S/C12H19N/c1-8-10-3-9-4-11(8)6-12(5-10)13(2)7-9/h9-12H,1,3-7H2,2H3. The smallest absolute Gasteiger partial charge is 0.0104 e. The summed E-state index contributed by atoms with van der Waals surface area (Å²) in [4.78, 5) is 2.61. The zero-order chi connectivity index (χ0) is 9.00. The van der Waals surface area contributed by atoms with Crippen LogP contribution in [0.4, 0.5) is 0 Å². The van der Waals surface area contributed by atoms with Crippen LogP contribution in [0, 0.1) is 17.8 Å². The number of nitrogens with zero attached hydrogens (tertiary/aromatic N) is 1. The highest BCUT2D eigenvalue weighted by molar-refractivity contribution is 5.16. The maximum atomic E-state index is 4.30. The van der Waals surface area contributed by atoms with Crippen molar-refractivity contribution in [2.75, 3.05) is 13.6 Å². The summed E-state index contributed by atoms with van der Waals surface area (Å²) in [5.41, 5.74) is 1.60. The molecule has 0 aromatic heterocycles. The largest absolute Gasteiger partial charge is 0.303 e. The molecule has 2 saturated carbocycles. The molecule has 2 aliphatic heterocycles. The molecule has 1 heteroatoms. The monoisotopic (exact) mass is 177 g/mol. The van der Waals surface area contributed by atoms with Crippen molar-refractivity contribution in [3.8, 4) is 0 Å². The fraction of sp³-hybridized carbons (Fsp3) is 0.833. The van der Waals surface area contributed by atoms with E-state index in [1.54, 1.807) is 5.57 Å². The summed E-state index contributed by atoms with van der Waals surface area (Å²) in [5.74, 6) is 2.75. The fourth-order valence-electron chi connectivity index (χ4n) is 3.85. The fourth-order valence-corrected chi connectivity index (χ4v) is 3.85. The Morgan fingerprint density at radius 2 is 1.77 bits per heavy atom. The van der Waals surface area contributed by atoms with Crippen molar-refractivity contribution in [2.24, 2.45) is 17.8 Å². The van der Waals surface area contributed by atoms with Crippen LogP contribution in [0.1, 0.15) is 25.7 Å². The molecule has 4 fully saturated rings. The van der Waals surface area contributed by atoms with Crippen LogP contribution in [0.15, 0.2) is 12.2 Å². The summed E-state index contributed by atoms with van der Waals surface area (Å²) in [7, 11) is 2.32. The number of rotatable bonds is 0. The predicted molar refractivity (Wildman–Crippen MR) is 54.5 cm³/mol. The normalized spacial score (nSPS) is 49.8. The lowest BCUT2D eigenvalue weighted by Crippen LogP contribution is -2.36. The van der Waals surface area contributed by atoms with Crippen LogP contribution in [0.25, 0.3) is 0 Å². The van der Waals surface area contributed by atoms with Crippen molar-refractivity contribution in [3.63, 3.8) is 0 Å². The Morgan fingerprint density at radius 3 is 2.38 bits per heavy atom. The second-order valence-electron chi connectivity index (χ2n) is 5.37. The topological polar surface area (TPSA) is 3.24 Å². The van der Waals surface area contributed by atoms with Gasteiger partial charge in [-0.3, -0.25) is 0 Å². The van der Waals surface area contributed by atoms with Crippen molar-refractivity contribution in [3.05, 3.63) is 12.2 Å². The summed E-state index contributed by atoms with van der Waals surface area (Å²) in [6.07, 6.45) is 5.69. The number of hydrogen-bond donors (Lipinski definition) is 0. The minimum Gasteiger partial charge on any atom is -0.303 e. The van der Waals surface area contributed by atoms with E-state index >= 15 is 0 Å². The van der Waals surface area contributed by atoms with Crippen LogP contribution in [-0.2, 0) is 0 Å². The maximum absolute atomic E-state index is 4.30. The first-order valence-corrected chi connectivity index (χ1v) is 5.63. The Balaban J connectivity index is 1.96. The van der Waals surface area contributed by atoms with E-state index in [1.807, 2.05) is 0 Å². The van der Waals surface area contributed by atoms with Crippen molar-refractivity contribution >= 4 is 0 Å². The molecule has 0 aromatic rings. The van der Waals surface area contributed by atoms with E-state index in [0.29, 0.717) is 0 Å². The molecule has 0 aromatic carbocycles. The van der Waals surface area contributed by atoms with Gasteiger partial charge in [0.25, 0.3) is 0 Å². The molecule has 2 heterocycles. The highest BCUT2D eigenvalue weighted by atomic mass is 15.1. The minimum atomic E-state index is 0.882. The summed E-state index contributed by atoms with van der Waals surface area (Å²) >= 11 is 0. The number of hydrogen-bond acceptors (Lipinski definition) is 1. The molecule has 2 saturated heterocycles. The quantitative estimate of drug-likeness (QED) is 0.513. The highest BCUT2D eigenvalue weighted by Gasteiger charge is 2.43.